The van der Waals surface area contributed by atoms with Gasteiger partial charge in [-0.25, -0.2) is 0 Å². The largest absolute Gasteiger partial charge is 0.0619 e. The third-order valence-electron chi connectivity index (χ3n) is 9.07. The molecule has 0 bridgehead atoms. The molecule has 0 N–H and O–H groups in total. The molecule has 8 aromatic carbocycles. The molecule has 0 radical (unpaired) electrons. The lowest BCUT2D eigenvalue weighted by Crippen LogP contribution is -1.96. The predicted octanol–water partition coefficient (Wildman–Crippen LogP) is 11.2. The van der Waals surface area contributed by atoms with Crippen LogP contribution in [0.1, 0.15) is 11.1 Å². The molecule has 190 valence electrons. The number of fused-ring (bicyclic) bond motifs is 7. The van der Waals surface area contributed by atoms with E-state index >= 15 is 0 Å². The third-order valence-corrected chi connectivity index (χ3v) is 9.07. The summed E-state index contributed by atoms with van der Waals surface area (Å²) in [6, 6.07) is 53.9. The van der Waals surface area contributed by atoms with Crippen molar-refractivity contribution in [1.29, 1.82) is 0 Å². The molecule has 0 heterocycles. The van der Waals surface area contributed by atoms with Gasteiger partial charge in [0.15, 0.2) is 0 Å². The molecule has 0 spiro atoms. The fourth-order valence-corrected chi connectivity index (χ4v) is 7.36. The standard InChI is InChI=1S/C41H26/c1-4-16-29-26(12-1)15-11-23-32(29)39-33-19-7-9-21-35(33)41(36-22-10-8-20-34(36)39)40-31-18-6-3-14-28(31)24-37-30-17-5-2-13-27(30)25-38(37)40/h1-24H,25H2. The zero-order valence-electron chi connectivity index (χ0n) is 22.6. The van der Waals surface area contributed by atoms with E-state index in [2.05, 4.69) is 146 Å². The van der Waals surface area contributed by atoms with Crippen molar-refractivity contribution in [2.45, 2.75) is 6.42 Å². The second-order valence-corrected chi connectivity index (χ2v) is 11.2. The van der Waals surface area contributed by atoms with Gasteiger partial charge >= 0.3 is 0 Å². The van der Waals surface area contributed by atoms with Crippen LogP contribution < -0.4 is 0 Å². The summed E-state index contributed by atoms with van der Waals surface area (Å²) in [6.45, 7) is 0. The van der Waals surface area contributed by atoms with E-state index in [9.17, 15) is 0 Å². The Balaban J connectivity index is 1.49. The van der Waals surface area contributed by atoms with Crippen LogP contribution in [0.5, 0.6) is 0 Å². The average Bonchev–Trinajstić information content (AvgIpc) is 3.41. The third kappa shape index (κ3) is 3.22. The number of hydrogen-bond donors (Lipinski definition) is 0. The van der Waals surface area contributed by atoms with Crippen LogP contribution in [0.4, 0.5) is 0 Å². The Hall–Kier alpha value is -5.20. The first-order valence-corrected chi connectivity index (χ1v) is 14.4. The van der Waals surface area contributed by atoms with E-state index in [-0.39, 0.29) is 0 Å². The molecule has 0 unspecified atom stereocenters. The Morgan fingerprint density at radius 1 is 0.317 bits per heavy atom. The molecule has 1 aliphatic carbocycles. The molecule has 8 aromatic rings. The van der Waals surface area contributed by atoms with Crippen molar-refractivity contribution in [1.82, 2.24) is 0 Å². The number of rotatable bonds is 2. The first-order valence-electron chi connectivity index (χ1n) is 14.4. The minimum absolute atomic E-state index is 0.958. The number of hydrogen-bond acceptors (Lipinski definition) is 0. The SMILES string of the molecule is c1ccc2c(c1)Cc1c-2cc2ccccc2c1-c1c2ccccc2c(-c2cccc3ccccc23)c2ccccc12. The van der Waals surface area contributed by atoms with Gasteiger partial charge in [0.2, 0.25) is 0 Å². The lowest BCUT2D eigenvalue weighted by molar-refractivity contribution is 1.27. The van der Waals surface area contributed by atoms with Gasteiger partial charge in [0.05, 0.1) is 0 Å². The van der Waals surface area contributed by atoms with Gasteiger partial charge in [-0.05, 0) is 100 Å². The molecule has 0 atom stereocenters. The molecule has 0 nitrogen and oxygen atoms in total. The Morgan fingerprint density at radius 3 is 1.56 bits per heavy atom. The first kappa shape index (κ1) is 22.6. The molecular weight excluding hydrogens is 492 g/mol. The second kappa shape index (κ2) is 8.65. The summed E-state index contributed by atoms with van der Waals surface area (Å²) in [5.74, 6) is 0. The minimum atomic E-state index is 0.958. The summed E-state index contributed by atoms with van der Waals surface area (Å²) < 4.78 is 0. The van der Waals surface area contributed by atoms with Gasteiger partial charge in [0.25, 0.3) is 0 Å². The van der Waals surface area contributed by atoms with E-state index in [1.165, 1.54) is 87.6 Å². The Bertz CT molecular complexity index is 2270. The molecule has 0 fully saturated rings. The average molecular weight is 519 g/mol. The fourth-order valence-electron chi connectivity index (χ4n) is 7.36. The van der Waals surface area contributed by atoms with E-state index in [4.69, 9.17) is 0 Å². The first-order chi connectivity index (χ1) is 20.4. The smallest absolute Gasteiger partial charge is 0.000705 e. The number of benzene rings is 8. The summed E-state index contributed by atoms with van der Waals surface area (Å²) in [4.78, 5) is 0. The van der Waals surface area contributed by atoms with Gasteiger partial charge < -0.3 is 0 Å². The topological polar surface area (TPSA) is 0 Å². The van der Waals surface area contributed by atoms with Crippen molar-refractivity contribution in [2.24, 2.45) is 0 Å². The maximum Gasteiger partial charge on any atom is -0.000705 e. The molecule has 0 saturated carbocycles. The fraction of sp³-hybridized carbons (Fsp3) is 0.0244. The van der Waals surface area contributed by atoms with Gasteiger partial charge in [0, 0.05) is 0 Å². The van der Waals surface area contributed by atoms with Gasteiger partial charge in [-0.3, -0.25) is 0 Å². The molecule has 9 rings (SSSR count). The highest BCUT2D eigenvalue weighted by Crippen LogP contribution is 2.51. The van der Waals surface area contributed by atoms with Gasteiger partial charge in [-0.1, -0.05) is 140 Å². The van der Waals surface area contributed by atoms with E-state index in [1.807, 2.05) is 0 Å². The van der Waals surface area contributed by atoms with Crippen molar-refractivity contribution >= 4 is 43.1 Å². The molecule has 0 heteroatoms. The lowest BCUT2D eigenvalue weighted by Gasteiger charge is -2.21. The van der Waals surface area contributed by atoms with Crippen molar-refractivity contribution in [2.75, 3.05) is 0 Å². The Labute approximate surface area is 239 Å². The zero-order chi connectivity index (χ0) is 26.9. The molecular formula is C41H26. The highest BCUT2D eigenvalue weighted by Gasteiger charge is 2.26. The minimum Gasteiger partial charge on any atom is -0.0619 e. The van der Waals surface area contributed by atoms with E-state index in [1.54, 1.807) is 0 Å². The molecule has 0 saturated heterocycles. The lowest BCUT2D eigenvalue weighted by atomic mass is 9.81. The van der Waals surface area contributed by atoms with Crippen LogP contribution in [0.25, 0.3) is 76.5 Å². The maximum absolute atomic E-state index is 2.41. The summed E-state index contributed by atoms with van der Waals surface area (Å²) >= 11 is 0. The summed E-state index contributed by atoms with van der Waals surface area (Å²) in [6.07, 6.45) is 0.958. The van der Waals surface area contributed by atoms with Gasteiger partial charge in [-0.15, -0.1) is 0 Å². The van der Waals surface area contributed by atoms with Crippen LogP contribution in [-0.4, -0.2) is 0 Å². The normalized spacial score (nSPS) is 12.3. The van der Waals surface area contributed by atoms with Crippen LogP contribution in [0.2, 0.25) is 0 Å². The van der Waals surface area contributed by atoms with Crippen LogP contribution in [0.15, 0.2) is 146 Å². The van der Waals surface area contributed by atoms with Gasteiger partial charge in [0.1, 0.15) is 0 Å². The van der Waals surface area contributed by atoms with Crippen LogP contribution in [0.3, 0.4) is 0 Å². The monoisotopic (exact) mass is 518 g/mol. The van der Waals surface area contributed by atoms with Gasteiger partial charge in [-0.2, -0.15) is 0 Å². The van der Waals surface area contributed by atoms with E-state index < -0.39 is 0 Å². The summed E-state index contributed by atoms with van der Waals surface area (Å²) in [7, 11) is 0. The highest BCUT2D eigenvalue weighted by molar-refractivity contribution is 6.26. The molecule has 41 heavy (non-hydrogen) atoms. The molecule has 0 amide bonds. The Kier molecular flexibility index (Phi) is 4.77. The molecule has 0 aromatic heterocycles. The Morgan fingerprint density at radius 2 is 0.829 bits per heavy atom. The van der Waals surface area contributed by atoms with Crippen LogP contribution in [0, 0.1) is 0 Å². The van der Waals surface area contributed by atoms with Crippen LogP contribution in [-0.2, 0) is 6.42 Å². The van der Waals surface area contributed by atoms with Crippen LogP contribution >= 0.6 is 0 Å². The van der Waals surface area contributed by atoms with Crippen molar-refractivity contribution in [3.63, 3.8) is 0 Å². The zero-order valence-corrected chi connectivity index (χ0v) is 22.6. The highest BCUT2D eigenvalue weighted by atomic mass is 14.3. The summed E-state index contributed by atoms with van der Waals surface area (Å²) in [5.41, 5.74) is 10.9. The second-order valence-electron chi connectivity index (χ2n) is 11.2. The van der Waals surface area contributed by atoms with E-state index in [0.717, 1.165) is 6.42 Å². The quantitative estimate of drug-likeness (QED) is 0.200. The molecule has 0 aliphatic heterocycles. The molecule has 1 aliphatic rings. The van der Waals surface area contributed by atoms with Crippen molar-refractivity contribution in [3.8, 4) is 33.4 Å². The van der Waals surface area contributed by atoms with Crippen molar-refractivity contribution in [3.05, 3.63) is 157 Å². The van der Waals surface area contributed by atoms with Crippen molar-refractivity contribution < 1.29 is 0 Å². The van der Waals surface area contributed by atoms with E-state index in [0.29, 0.717) is 0 Å². The summed E-state index contributed by atoms with van der Waals surface area (Å²) in [5, 5.41) is 10.4. The predicted molar refractivity (Wildman–Crippen MR) is 176 cm³/mol. The maximum atomic E-state index is 2.41.